The van der Waals surface area contributed by atoms with Crippen molar-refractivity contribution in [2.45, 2.75) is 50.1 Å². The summed E-state index contributed by atoms with van der Waals surface area (Å²) in [5.41, 5.74) is 0.0387. The molecule has 1 saturated carbocycles. The fourth-order valence-corrected chi connectivity index (χ4v) is 6.09. The van der Waals surface area contributed by atoms with E-state index in [4.69, 9.17) is 0 Å². The third-order valence-corrected chi connectivity index (χ3v) is 7.98. The van der Waals surface area contributed by atoms with Crippen LogP contribution in [0.5, 0.6) is 0 Å². The van der Waals surface area contributed by atoms with Crippen LogP contribution in [0.25, 0.3) is 0 Å². The lowest BCUT2D eigenvalue weighted by molar-refractivity contribution is -0.140. The summed E-state index contributed by atoms with van der Waals surface area (Å²) in [6.07, 6.45) is 4.80. The maximum Gasteiger partial charge on any atom is 0.325 e. The van der Waals surface area contributed by atoms with Crippen LogP contribution in [0.15, 0.2) is 40.1 Å². The molecule has 2 fully saturated rings. The molecule has 1 spiro atoms. The largest absolute Gasteiger partial charge is 0.325 e. The van der Waals surface area contributed by atoms with E-state index in [1.54, 1.807) is 22.7 Å². The molecule has 1 saturated heterocycles. The predicted octanol–water partition coefficient (Wildman–Crippen LogP) is 3.74. The third kappa shape index (κ3) is 3.26. The highest BCUT2D eigenvalue weighted by Crippen LogP contribution is 2.37. The van der Waals surface area contributed by atoms with Gasteiger partial charge in [0.25, 0.3) is 11.8 Å². The first-order chi connectivity index (χ1) is 14.6. The average Bonchev–Trinajstić information content (AvgIpc) is 3.53. The molecular formula is C21H22N4O3S2. The number of thiophene rings is 2. The highest BCUT2D eigenvalue weighted by atomic mass is 32.1. The van der Waals surface area contributed by atoms with Crippen LogP contribution >= 0.6 is 22.7 Å². The van der Waals surface area contributed by atoms with E-state index in [9.17, 15) is 14.4 Å². The van der Waals surface area contributed by atoms with Crippen molar-refractivity contribution in [1.82, 2.24) is 15.2 Å². The van der Waals surface area contributed by atoms with Crippen molar-refractivity contribution < 1.29 is 14.4 Å². The molecule has 4 heterocycles. The second-order valence-electron chi connectivity index (χ2n) is 7.96. The van der Waals surface area contributed by atoms with Gasteiger partial charge in [0.1, 0.15) is 12.1 Å². The first-order valence-corrected chi connectivity index (χ1v) is 11.9. The SMILES string of the molecule is O=C1NC2(CCCCC2)C(=O)N1CC(=O)N1N=C(c2cccs2)C[C@H]1c1cccs1. The third-order valence-electron chi connectivity index (χ3n) is 6.09. The molecule has 5 rings (SSSR count). The van der Waals surface area contributed by atoms with Gasteiger partial charge < -0.3 is 5.32 Å². The molecule has 1 atom stereocenters. The van der Waals surface area contributed by atoms with Gasteiger partial charge in [-0.1, -0.05) is 31.4 Å². The summed E-state index contributed by atoms with van der Waals surface area (Å²) < 4.78 is 0. The van der Waals surface area contributed by atoms with Crippen LogP contribution in [0.3, 0.4) is 0 Å². The van der Waals surface area contributed by atoms with E-state index in [0.29, 0.717) is 19.3 Å². The molecule has 0 bridgehead atoms. The standard InChI is InChI=1S/C21H22N4O3S2/c26-18(13-24-19(27)21(22-20(24)28)8-2-1-3-9-21)25-15(17-7-5-11-30-17)12-14(23-25)16-6-4-10-29-16/h4-7,10-11,15H,1-3,8-9,12-13H2,(H,22,28)/t15-/m0/s1. The maximum absolute atomic E-state index is 13.2. The zero-order valence-corrected chi connectivity index (χ0v) is 18.0. The van der Waals surface area contributed by atoms with Crippen LogP contribution in [0.2, 0.25) is 0 Å². The van der Waals surface area contributed by atoms with Gasteiger partial charge >= 0.3 is 6.03 Å². The molecule has 9 heteroatoms. The van der Waals surface area contributed by atoms with Crippen molar-refractivity contribution in [3.05, 3.63) is 44.8 Å². The Bertz CT molecular complexity index is 994. The number of imide groups is 1. The lowest BCUT2D eigenvalue weighted by Gasteiger charge is -2.30. The van der Waals surface area contributed by atoms with Gasteiger partial charge in [-0.15, -0.1) is 22.7 Å². The highest BCUT2D eigenvalue weighted by Gasteiger charge is 2.52. The van der Waals surface area contributed by atoms with E-state index in [1.807, 2.05) is 35.0 Å². The van der Waals surface area contributed by atoms with Crippen molar-refractivity contribution in [3.63, 3.8) is 0 Å². The van der Waals surface area contributed by atoms with Gasteiger partial charge in [0.15, 0.2) is 0 Å². The summed E-state index contributed by atoms with van der Waals surface area (Å²) in [7, 11) is 0. The summed E-state index contributed by atoms with van der Waals surface area (Å²) in [5.74, 6) is -0.605. The molecular weight excluding hydrogens is 420 g/mol. The van der Waals surface area contributed by atoms with Crippen LogP contribution in [0, 0.1) is 0 Å². The molecule has 2 aliphatic heterocycles. The van der Waals surface area contributed by atoms with Crippen LogP contribution in [-0.2, 0) is 9.59 Å². The molecule has 1 aliphatic carbocycles. The highest BCUT2D eigenvalue weighted by molar-refractivity contribution is 7.12. The fourth-order valence-electron chi connectivity index (χ4n) is 4.56. The number of nitrogens with one attached hydrogen (secondary N) is 1. The molecule has 156 valence electrons. The molecule has 0 aromatic carbocycles. The van der Waals surface area contributed by atoms with Crippen LogP contribution in [-0.4, -0.2) is 45.5 Å². The topological polar surface area (TPSA) is 82.1 Å². The molecule has 30 heavy (non-hydrogen) atoms. The Labute approximate surface area is 182 Å². The van der Waals surface area contributed by atoms with E-state index in [0.717, 1.165) is 39.6 Å². The summed E-state index contributed by atoms with van der Waals surface area (Å²) >= 11 is 3.17. The van der Waals surface area contributed by atoms with Gasteiger partial charge in [0, 0.05) is 11.3 Å². The Balaban J connectivity index is 1.38. The summed E-state index contributed by atoms with van der Waals surface area (Å²) in [6.45, 7) is -0.282. The second kappa shape index (κ2) is 7.63. The number of rotatable bonds is 4. The Morgan fingerprint density at radius 2 is 1.90 bits per heavy atom. The number of carbonyl (C=O) groups excluding carboxylic acids is 3. The summed E-state index contributed by atoms with van der Waals surface area (Å²) in [5, 5.41) is 12.9. The van der Waals surface area contributed by atoms with Crippen LogP contribution < -0.4 is 5.32 Å². The van der Waals surface area contributed by atoms with E-state index in [1.165, 1.54) is 5.01 Å². The van der Waals surface area contributed by atoms with E-state index in [-0.39, 0.29) is 24.4 Å². The van der Waals surface area contributed by atoms with Crippen molar-refractivity contribution in [3.8, 4) is 0 Å². The minimum absolute atomic E-state index is 0.209. The van der Waals surface area contributed by atoms with Gasteiger partial charge in [-0.25, -0.2) is 9.80 Å². The van der Waals surface area contributed by atoms with Crippen LogP contribution in [0.1, 0.15) is 54.3 Å². The number of nitrogens with zero attached hydrogens (tertiary/aromatic N) is 3. The zero-order chi connectivity index (χ0) is 20.7. The molecule has 2 aromatic rings. The second-order valence-corrected chi connectivity index (χ2v) is 9.89. The quantitative estimate of drug-likeness (QED) is 0.733. The number of hydrogen-bond donors (Lipinski definition) is 1. The maximum atomic E-state index is 13.2. The molecule has 3 aliphatic rings. The van der Waals surface area contributed by atoms with Crippen molar-refractivity contribution >= 4 is 46.2 Å². The lowest BCUT2D eigenvalue weighted by atomic mass is 9.82. The lowest BCUT2D eigenvalue weighted by Crippen LogP contribution is -2.49. The molecule has 1 N–H and O–H groups in total. The minimum Gasteiger partial charge on any atom is -0.323 e. The monoisotopic (exact) mass is 442 g/mol. The average molecular weight is 443 g/mol. The Hall–Kier alpha value is -2.52. The molecule has 7 nitrogen and oxygen atoms in total. The van der Waals surface area contributed by atoms with Gasteiger partial charge in [-0.05, 0) is 35.7 Å². The number of carbonyl (C=O) groups is 3. The summed E-state index contributed by atoms with van der Waals surface area (Å²) in [6, 6.07) is 7.23. The molecule has 0 radical (unpaired) electrons. The predicted molar refractivity (Wildman–Crippen MR) is 115 cm³/mol. The van der Waals surface area contributed by atoms with E-state index < -0.39 is 11.6 Å². The number of amides is 4. The number of hydrazone groups is 1. The van der Waals surface area contributed by atoms with Crippen LogP contribution in [0.4, 0.5) is 4.79 Å². The molecule has 4 amide bonds. The van der Waals surface area contributed by atoms with Gasteiger partial charge in [0.05, 0.1) is 16.6 Å². The fraction of sp³-hybridized carbons (Fsp3) is 0.429. The smallest absolute Gasteiger partial charge is 0.323 e. The molecule has 0 unspecified atom stereocenters. The number of hydrogen-bond acceptors (Lipinski definition) is 6. The van der Waals surface area contributed by atoms with E-state index >= 15 is 0 Å². The first-order valence-electron chi connectivity index (χ1n) is 10.2. The summed E-state index contributed by atoms with van der Waals surface area (Å²) in [4.78, 5) is 42.0. The zero-order valence-electron chi connectivity index (χ0n) is 16.4. The van der Waals surface area contributed by atoms with Crippen molar-refractivity contribution in [2.24, 2.45) is 5.10 Å². The number of urea groups is 1. The van der Waals surface area contributed by atoms with Crippen molar-refractivity contribution in [1.29, 1.82) is 0 Å². The van der Waals surface area contributed by atoms with Crippen molar-refractivity contribution in [2.75, 3.05) is 6.54 Å². The Morgan fingerprint density at radius 1 is 1.13 bits per heavy atom. The Kier molecular flexibility index (Phi) is 4.94. The molecule has 2 aromatic heterocycles. The Morgan fingerprint density at radius 3 is 2.60 bits per heavy atom. The van der Waals surface area contributed by atoms with Gasteiger partial charge in [-0.3, -0.25) is 14.5 Å². The van der Waals surface area contributed by atoms with E-state index in [2.05, 4.69) is 10.4 Å². The first kappa shape index (κ1) is 19.4. The minimum atomic E-state index is -0.820. The normalized spacial score (nSPS) is 23.2. The van der Waals surface area contributed by atoms with Gasteiger partial charge in [-0.2, -0.15) is 5.10 Å². The van der Waals surface area contributed by atoms with Gasteiger partial charge in [0.2, 0.25) is 0 Å².